The average molecular weight is 463 g/mol. The predicted octanol–water partition coefficient (Wildman–Crippen LogP) is 4.76. The third kappa shape index (κ3) is 7.73. The van der Waals surface area contributed by atoms with Crippen LogP contribution in [-0.2, 0) is 22.6 Å². The van der Waals surface area contributed by atoms with Gasteiger partial charge in [-0.15, -0.1) is 0 Å². The Labute approximate surface area is 200 Å². The number of rotatable bonds is 12. The molecule has 3 rings (SSSR count). The van der Waals surface area contributed by atoms with E-state index in [1.54, 1.807) is 24.3 Å². The smallest absolute Gasteiger partial charge is 0.261 e. The Morgan fingerprint density at radius 1 is 0.912 bits per heavy atom. The molecule has 0 aliphatic heterocycles. The first kappa shape index (κ1) is 25.0. The molecule has 0 aliphatic carbocycles. The standard InChI is InChI=1S/C28H31FN2O3/c1-2-3-18-30-28(33)26(19-22-10-6-4-7-11-22)31(20-23-14-16-24(29)17-15-23)27(32)21-34-25-12-8-5-9-13-25/h4-17,26H,2-3,18-21H2,1H3,(H,30,33)/t26-/m1/s1. The highest BCUT2D eigenvalue weighted by Gasteiger charge is 2.30. The van der Waals surface area contributed by atoms with Gasteiger partial charge in [0.1, 0.15) is 17.6 Å². The van der Waals surface area contributed by atoms with Crippen LogP contribution in [0.3, 0.4) is 0 Å². The normalized spacial score (nSPS) is 11.5. The number of carbonyl (C=O) groups excluding carboxylic acids is 2. The van der Waals surface area contributed by atoms with Gasteiger partial charge >= 0.3 is 0 Å². The molecule has 0 radical (unpaired) electrons. The zero-order valence-electron chi connectivity index (χ0n) is 19.5. The van der Waals surface area contributed by atoms with Crippen molar-refractivity contribution in [2.24, 2.45) is 0 Å². The van der Waals surface area contributed by atoms with Gasteiger partial charge in [0.15, 0.2) is 6.61 Å². The largest absolute Gasteiger partial charge is 0.484 e. The van der Waals surface area contributed by atoms with Crippen molar-refractivity contribution in [3.05, 3.63) is 102 Å². The molecule has 0 spiro atoms. The van der Waals surface area contributed by atoms with Crippen LogP contribution in [0.15, 0.2) is 84.9 Å². The van der Waals surface area contributed by atoms with E-state index in [4.69, 9.17) is 4.74 Å². The number of amides is 2. The van der Waals surface area contributed by atoms with Crippen molar-refractivity contribution in [3.8, 4) is 5.75 Å². The van der Waals surface area contributed by atoms with Crippen LogP contribution in [0.1, 0.15) is 30.9 Å². The fourth-order valence-corrected chi connectivity index (χ4v) is 3.59. The van der Waals surface area contributed by atoms with Crippen LogP contribution in [-0.4, -0.2) is 35.9 Å². The topological polar surface area (TPSA) is 58.6 Å². The van der Waals surface area contributed by atoms with Crippen molar-refractivity contribution in [2.45, 2.75) is 38.8 Å². The van der Waals surface area contributed by atoms with Crippen molar-refractivity contribution in [2.75, 3.05) is 13.2 Å². The third-order valence-electron chi connectivity index (χ3n) is 5.47. The number of benzene rings is 3. The minimum atomic E-state index is -0.740. The first-order chi connectivity index (χ1) is 16.6. The molecule has 6 heteroatoms. The number of carbonyl (C=O) groups is 2. The molecule has 1 N–H and O–H groups in total. The van der Waals surface area contributed by atoms with Crippen LogP contribution in [0.4, 0.5) is 4.39 Å². The molecular weight excluding hydrogens is 431 g/mol. The quantitative estimate of drug-likeness (QED) is 0.395. The van der Waals surface area contributed by atoms with Gasteiger partial charge in [0.25, 0.3) is 5.91 Å². The Balaban J connectivity index is 1.86. The number of ether oxygens (including phenoxy) is 1. The van der Waals surface area contributed by atoms with Crippen molar-refractivity contribution in [1.29, 1.82) is 0 Å². The maximum absolute atomic E-state index is 13.5. The Bertz CT molecular complexity index is 1030. The lowest BCUT2D eigenvalue weighted by atomic mass is 10.0. The highest BCUT2D eigenvalue weighted by molar-refractivity contribution is 5.88. The molecule has 3 aromatic rings. The zero-order valence-corrected chi connectivity index (χ0v) is 19.5. The molecule has 0 aromatic heterocycles. The Morgan fingerprint density at radius 2 is 1.56 bits per heavy atom. The monoisotopic (exact) mass is 462 g/mol. The molecule has 3 aromatic carbocycles. The summed E-state index contributed by atoms with van der Waals surface area (Å²) in [4.78, 5) is 28.2. The summed E-state index contributed by atoms with van der Waals surface area (Å²) in [5, 5.41) is 2.97. The van der Waals surface area contributed by atoms with Gasteiger partial charge in [0.05, 0.1) is 0 Å². The van der Waals surface area contributed by atoms with Gasteiger partial charge in [-0.3, -0.25) is 9.59 Å². The van der Waals surface area contributed by atoms with E-state index in [1.165, 1.54) is 17.0 Å². The molecule has 5 nitrogen and oxygen atoms in total. The molecule has 0 saturated carbocycles. The molecule has 0 aliphatic rings. The summed E-state index contributed by atoms with van der Waals surface area (Å²) >= 11 is 0. The number of hydrogen-bond acceptors (Lipinski definition) is 3. The minimum absolute atomic E-state index is 0.163. The lowest BCUT2D eigenvalue weighted by Gasteiger charge is -2.31. The van der Waals surface area contributed by atoms with E-state index in [-0.39, 0.29) is 30.8 Å². The average Bonchev–Trinajstić information content (AvgIpc) is 2.87. The molecule has 2 amide bonds. The summed E-state index contributed by atoms with van der Waals surface area (Å²) in [5.41, 5.74) is 1.67. The number of halogens is 1. The Hall–Kier alpha value is -3.67. The van der Waals surface area contributed by atoms with Gasteiger partial charge in [-0.2, -0.15) is 0 Å². The number of hydrogen-bond donors (Lipinski definition) is 1. The van der Waals surface area contributed by atoms with Gasteiger partial charge < -0.3 is 15.0 Å². The van der Waals surface area contributed by atoms with Gasteiger partial charge in [0.2, 0.25) is 5.91 Å². The summed E-state index contributed by atoms with van der Waals surface area (Å²) in [5.74, 6) is -0.316. The van der Waals surface area contributed by atoms with Gasteiger partial charge in [-0.25, -0.2) is 4.39 Å². The van der Waals surface area contributed by atoms with Crippen LogP contribution < -0.4 is 10.1 Å². The number of para-hydroxylation sites is 1. The molecule has 0 saturated heterocycles. The summed E-state index contributed by atoms with van der Waals surface area (Å²) < 4.78 is 19.2. The van der Waals surface area contributed by atoms with E-state index in [9.17, 15) is 14.0 Å². The minimum Gasteiger partial charge on any atom is -0.484 e. The van der Waals surface area contributed by atoms with Gasteiger partial charge in [-0.05, 0) is 41.8 Å². The van der Waals surface area contributed by atoms with Crippen LogP contribution in [0.2, 0.25) is 0 Å². The lowest BCUT2D eigenvalue weighted by Crippen LogP contribution is -2.51. The van der Waals surface area contributed by atoms with E-state index in [0.717, 1.165) is 24.0 Å². The lowest BCUT2D eigenvalue weighted by molar-refractivity contribution is -0.142. The molecule has 1 atom stereocenters. The molecule has 0 fully saturated rings. The second-order valence-electron chi connectivity index (χ2n) is 8.10. The molecule has 0 heterocycles. The fraction of sp³-hybridized carbons (Fsp3) is 0.286. The first-order valence-corrected chi connectivity index (χ1v) is 11.6. The fourth-order valence-electron chi connectivity index (χ4n) is 3.59. The van der Waals surface area contributed by atoms with E-state index >= 15 is 0 Å². The number of nitrogens with one attached hydrogen (secondary N) is 1. The van der Waals surface area contributed by atoms with Gasteiger partial charge in [0, 0.05) is 19.5 Å². The predicted molar refractivity (Wildman–Crippen MR) is 131 cm³/mol. The molecule has 178 valence electrons. The zero-order chi connectivity index (χ0) is 24.2. The summed E-state index contributed by atoms with van der Waals surface area (Å²) in [6, 6.07) is 23.9. The molecule has 0 unspecified atom stereocenters. The van der Waals surface area contributed by atoms with E-state index in [0.29, 0.717) is 18.7 Å². The SMILES string of the molecule is CCCCNC(=O)[C@@H](Cc1ccccc1)N(Cc1ccc(F)cc1)C(=O)COc1ccccc1. The van der Waals surface area contributed by atoms with E-state index in [1.807, 2.05) is 48.5 Å². The molecule has 34 heavy (non-hydrogen) atoms. The number of nitrogens with zero attached hydrogens (tertiary/aromatic N) is 1. The molecular formula is C28H31FN2O3. The summed E-state index contributed by atoms with van der Waals surface area (Å²) in [6.45, 7) is 2.55. The Morgan fingerprint density at radius 3 is 2.21 bits per heavy atom. The Kier molecular flexibility index (Phi) is 9.65. The van der Waals surface area contributed by atoms with Crippen LogP contribution in [0.25, 0.3) is 0 Å². The van der Waals surface area contributed by atoms with Crippen LogP contribution in [0.5, 0.6) is 5.75 Å². The first-order valence-electron chi connectivity index (χ1n) is 11.6. The second-order valence-corrected chi connectivity index (χ2v) is 8.10. The van der Waals surface area contributed by atoms with Crippen molar-refractivity contribution >= 4 is 11.8 Å². The van der Waals surface area contributed by atoms with Crippen molar-refractivity contribution < 1.29 is 18.7 Å². The maximum Gasteiger partial charge on any atom is 0.261 e. The van der Waals surface area contributed by atoms with Gasteiger partial charge in [-0.1, -0.05) is 74.0 Å². The van der Waals surface area contributed by atoms with Crippen molar-refractivity contribution in [3.63, 3.8) is 0 Å². The summed E-state index contributed by atoms with van der Waals surface area (Å²) in [7, 11) is 0. The highest BCUT2D eigenvalue weighted by Crippen LogP contribution is 2.16. The number of unbranched alkanes of at least 4 members (excludes halogenated alkanes) is 1. The van der Waals surface area contributed by atoms with Crippen molar-refractivity contribution in [1.82, 2.24) is 10.2 Å². The highest BCUT2D eigenvalue weighted by atomic mass is 19.1. The van der Waals surface area contributed by atoms with E-state index in [2.05, 4.69) is 12.2 Å². The van der Waals surface area contributed by atoms with E-state index < -0.39 is 6.04 Å². The summed E-state index contributed by atoms with van der Waals surface area (Å²) in [6.07, 6.45) is 2.16. The van der Waals surface area contributed by atoms with Crippen LogP contribution >= 0.6 is 0 Å². The second kappa shape index (κ2) is 13.1. The van der Waals surface area contributed by atoms with Crippen LogP contribution in [0, 0.1) is 5.82 Å². The third-order valence-corrected chi connectivity index (χ3v) is 5.47. The maximum atomic E-state index is 13.5. The molecule has 0 bridgehead atoms.